The first-order valence-corrected chi connectivity index (χ1v) is 6.47. The minimum absolute atomic E-state index is 0.592. The van der Waals surface area contributed by atoms with Crippen LogP contribution < -0.4 is 4.74 Å². The van der Waals surface area contributed by atoms with Gasteiger partial charge in [-0.3, -0.25) is 0 Å². The molecule has 3 aromatic rings. The molecule has 0 fully saturated rings. The average molecular weight is 251 g/mol. The Labute approximate surface area is 113 Å². The van der Waals surface area contributed by atoms with E-state index in [-0.39, 0.29) is 0 Å². The monoisotopic (exact) mass is 251 g/mol. The normalized spacial score (nSPS) is 10.8. The summed E-state index contributed by atoms with van der Waals surface area (Å²) in [6.07, 6.45) is 0. The van der Waals surface area contributed by atoms with Crippen LogP contribution in [0.5, 0.6) is 5.75 Å². The molecular formula is C17H17NO. The average Bonchev–Trinajstić information content (AvgIpc) is 2.74. The van der Waals surface area contributed by atoms with Crippen molar-refractivity contribution in [3.05, 3.63) is 65.9 Å². The molecule has 1 aromatic heterocycles. The molecule has 0 saturated carbocycles. The Morgan fingerprint density at radius 1 is 1.00 bits per heavy atom. The summed E-state index contributed by atoms with van der Waals surface area (Å²) in [7, 11) is 2.09. The molecule has 96 valence electrons. The van der Waals surface area contributed by atoms with Gasteiger partial charge in [-0.15, -0.1) is 0 Å². The summed E-state index contributed by atoms with van der Waals surface area (Å²) in [6.45, 7) is 2.71. The van der Waals surface area contributed by atoms with E-state index >= 15 is 0 Å². The topological polar surface area (TPSA) is 14.2 Å². The van der Waals surface area contributed by atoms with Gasteiger partial charge in [0.1, 0.15) is 12.4 Å². The molecule has 1 heterocycles. The quantitative estimate of drug-likeness (QED) is 0.684. The number of benzene rings is 2. The second-order valence-corrected chi connectivity index (χ2v) is 4.86. The van der Waals surface area contributed by atoms with Gasteiger partial charge in [-0.25, -0.2) is 0 Å². The molecule has 0 atom stereocenters. The molecule has 0 aliphatic rings. The number of rotatable bonds is 3. The summed E-state index contributed by atoms with van der Waals surface area (Å²) in [5, 5.41) is 1.26. The predicted octanol–water partition coefficient (Wildman–Crippen LogP) is 4.07. The van der Waals surface area contributed by atoms with E-state index in [1.807, 2.05) is 30.3 Å². The number of ether oxygens (including phenoxy) is 1. The zero-order valence-corrected chi connectivity index (χ0v) is 11.3. The van der Waals surface area contributed by atoms with Crippen LogP contribution >= 0.6 is 0 Å². The third-order valence-corrected chi connectivity index (χ3v) is 3.43. The molecule has 0 amide bonds. The van der Waals surface area contributed by atoms with E-state index in [1.165, 1.54) is 22.2 Å². The van der Waals surface area contributed by atoms with E-state index < -0.39 is 0 Å². The van der Waals surface area contributed by atoms with Gasteiger partial charge in [-0.2, -0.15) is 0 Å². The molecular weight excluding hydrogens is 234 g/mol. The standard InChI is InChI=1S/C17H17NO/c1-13-8-9-14-11-15(18(2)17(14)10-13)12-19-16-6-4-3-5-7-16/h3-11H,12H2,1-2H3. The summed E-state index contributed by atoms with van der Waals surface area (Å²) in [4.78, 5) is 0. The fraction of sp³-hybridized carbons (Fsp3) is 0.176. The number of hydrogen-bond donors (Lipinski definition) is 0. The first-order valence-electron chi connectivity index (χ1n) is 6.47. The molecule has 2 aromatic carbocycles. The van der Waals surface area contributed by atoms with Crippen LogP contribution in [0.25, 0.3) is 10.9 Å². The molecule has 3 rings (SSSR count). The van der Waals surface area contributed by atoms with Gasteiger partial charge in [-0.05, 0) is 42.1 Å². The maximum atomic E-state index is 5.81. The van der Waals surface area contributed by atoms with Crippen molar-refractivity contribution in [2.24, 2.45) is 7.05 Å². The van der Waals surface area contributed by atoms with Crippen LogP contribution in [0.2, 0.25) is 0 Å². The van der Waals surface area contributed by atoms with Crippen molar-refractivity contribution >= 4 is 10.9 Å². The first kappa shape index (κ1) is 11.8. The number of para-hydroxylation sites is 1. The fourth-order valence-corrected chi connectivity index (χ4v) is 2.31. The molecule has 0 aliphatic carbocycles. The third kappa shape index (κ3) is 2.34. The summed E-state index contributed by atoms with van der Waals surface area (Å²) in [5.41, 5.74) is 3.72. The zero-order valence-electron chi connectivity index (χ0n) is 11.3. The number of aryl methyl sites for hydroxylation is 2. The van der Waals surface area contributed by atoms with Crippen LogP contribution in [0.4, 0.5) is 0 Å². The number of aromatic nitrogens is 1. The fourth-order valence-electron chi connectivity index (χ4n) is 2.31. The minimum Gasteiger partial charge on any atom is -0.487 e. The van der Waals surface area contributed by atoms with Crippen molar-refractivity contribution in [1.82, 2.24) is 4.57 Å². The van der Waals surface area contributed by atoms with Crippen molar-refractivity contribution in [3.63, 3.8) is 0 Å². The molecule has 0 bridgehead atoms. The van der Waals surface area contributed by atoms with Crippen LogP contribution in [0.15, 0.2) is 54.6 Å². The molecule has 0 aliphatic heterocycles. The third-order valence-electron chi connectivity index (χ3n) is 3.43. The molecule has 0 N–H and O–H groups in total. The first-order chi connectivity index (χ1) is 9.24. The van der Waals surface area contributed by atoms with Crippen LogP contribution in [0.1, 0.15) is 11.3 Å². The van der Waals surface area contributed by atoms with E-state index in [1.54, 1.807) is 0 Å². The Bertz CT molecular complexity index is 698. The molecule has 0 saturated heterocycles. The lowest BCUT2D eigenvalue weighted by molar-refractivity contribution is 0.298. The van der Waals surface area contributed by atoms with Crippen molar-refractivity contribution < 1.29 is 4.74 Å². The second kappa shape index (κ2) is 4.81. The van der Waals surface area contributed by atoms with Crippen molar-refractivity contribution in [2.75, 3.05) is 0 Å². The highest BCUT2D eigenvalue weighted by molar-refractivity contribution is 5.81. The van der Waals surface area contributed by atoms with Crippen molar-refractivity contribution in [1.29, 1.82) is 0 Å². The van der Waals surface area contributed by atoms with Gasteiger partial charge in [0, 0.05) is 12.6 Å². The molecule has 19 heavy (non-hydrogen) atoms. The number of hydrogen-bond acceptors (Lipinski definition) is 1. The highest BCUT2D eigenvalue weighted by Crippen LogP contribution is 2.21. The molecule has 0 spiro atoms. The van der Waals surface area contributed by atoms with Gasteiger partial charge >= 0.3 is 0 Å². The van der Waals surface area contributed by atoms with Gasteiger partial charge in [0.05, 0.1) is 5.69 Å². The lowest BCUT2D eigenvalue weighted by atomic mass is 10.2. The molecule has 0 unspecified atom stereocenters. The summed E-state index contributed by atoms with van der Waals surface area (Å²) < 4.78 is 8.01. The Kier molecular flexibility index (Phi) is 3.00. The van der Waals surface area contributed by atoms with E-state index in [0.29, 0.717) is 6.61 Å². The van der Waals surface area contributed by atoms with Crippen LogP contribution in [-0.4, -0.2) is 4.57 Å². The summed E-state index contributed by atoms with van der Waals surface area (Å²) in [5.74, 6) is 0.906. The van der Waals surface area contributed by atoms with Crippen LogP contribution in [0, 0.1) is 6.92 Å². The summed E-state index contributed by atoms with van der Waals surface area (Å²) in [6, 6.07) is 18.6. The predicted molar refractivity (Wildman–Crippen MR) is 78.4 cm³/mol. The number of nitrogens with zero attached hydrogens (tertiary/aromatic N) is 1. The summed E-state index contributed by atoms with van der Waals surface area (Å²) >= 11 is 0. The van der Waals surface area contributed by atoms with Gasteiger partial charge < -0.3 is 9.30 Å². The van der Waals surface area contributed by atoms with Crippen LogP contribution in [0.3, 0.4) is 0 Å². The zero-order chi connectivity index (χ0) is 13.2. The van der Waals surface area contributed by atoms with Crippen molar-refractivity contribution in [2.45, 2.75) is 13.5 Å². The van der Waals surface area contributed by atoms with E-state index in [2.05, 4.69) is 42.8 Å². The number of fused-ring (bicyclic) bond motifs is 1. The van der Waals surface area contributed by atoms with Gasteiger partial charge in [-0.1, -0.05) is 30.3 Å². The van der Waals surface area contributed by atoms with Gasteiger partial charge in [0.15, 0.2) is 0 Å². The Morgan fingerprint density at radius 2 is 1.79 bits per heavy atom. The SMILES string of the molecule is Cc1ccc2cc(COc3ccccc3)n(C)c2c1. The Morgan fingerprint density at radius 3 is 2.58 bits per heavy atom. The maximum absolute atomic E-state index is 5.81. The molecule has 0 radical (unpaired) electrons. The smallest absolute Gasteiger partial charge is 0.128 e. The van der Waals surface area contributed by atoms with Gasteiger partial charge in [0.25, 0.3) is 0 Å². The van der Waals surface area contributed by atoms with Crippen molar-refractivity contribution in [3.8, 4) is 5.75 Å². The molecule has 2 heteroatoms. The largest absolute Gasteiger partial charge is 0.487 e. The van der Waals surface area contributed by atoms with Gasteiger partial charge in [0.2, 0.25) is 0 Å². The minimum atomic E-state index is 0.592. The lowest BCUT2D eigenvalue weighted by Gasteiger charge is -2.07. The second-order valence-electron chi connectivity index (χ2n) is 4.86. The van der Waals surface area contributed by atoms with Crippen LogP contribution in [-0.2, 0) is 13.7 Å². The van der Waals surface area contributed by atoms with E-state index in [0.717, 1.165) is 5.75 Å². The highest BCUT2D eigenvalue weighted by Gasteiger charge is 2.06. The lowest BCUT2D eigenvalue weighted by Crippen LogP contribution is -2.01. The van der Waals surface area contributed by atoms with E-state index in [9.17, 15) is 0 Å². The maximum Gasteiger partial charge on any atom is 0.128 e. The van der Waals surface area contributed by atoms with E-state index in [4.69, 9.17) is 4.74 Å². The highest BCUT2D eigenvalue weighted by atomic mass is 16.5. The Hall–Kier alpha value is -2.22. The molecule has 2 nitrogen and oxygen atoms in total. The Balaban J connectivity index is 1.87.